The molecule has 36 heavy (non-hydrogen) atoms. The standard InChI is InChI=1S/C34H22N2/c1-2-11-24(12-3-1)32-29-15-7-8-16-30(29)35-21-20-28-27-14-6-9-17-31(27)36(33(28)34(32)35)26-19-18-23-10-4-5-13-25(23)22-26/h1-22H. The van der Waals surface area contributed by atoms with Gasteiger partial charge in [0.1, 0.15) is 0 Å². The third kappa shape index (κ3) is 2.61. The van der Waals surface area contributed by atoms with Gasteiger partial charge < -0.3 is 8.97 Å². The van der Waals surface area contributed by atoms with Crippen molar-refractivity contribution in [3.05, 3.63) is 134 Å². The van der Waals surface area contributed by atoms with Crippen LogP contribution in [0.1, 0.15) is 0 Å². The van der Waals surface area contributed by atoms with Gasteiger partial charge in [0.05, 0.1) is 22.1 Å². The number of pyridine rings is 1. The maximum absolute atomic E-state index is 2.46. The van der Waals surface area contributed by atoms with Crippen molar-refractivity contribution in [3.63, 3.8) is 0 Å². The number of nitrogens with zero attached hydrogens (tertiary/aromatic N) is 2. The third-order valence-electron chi connectivity index (χ3n) is 7.49. The second kappa shape index (κ2) is 7.34. The van der Waals surface area contributed by atoms with Crippen LogP contribution in [0.2, 0.25) is 0 Å². The fraction of sp³-hybridized carbons (Fsp3) is 0. The van der Waals surface area contributed by atoms with E-state index >= 15 is 0 Å². The van der Waals surface area contributed by atoms with Gasteiger partial charge in [-0.1, -0.05) is 97.1 Å². The predicted octanol–water partition coefficient (Wildman–Crippen LogP) is 9.01. The summed E-state index contributed by atoms with van der Waals surface area (Å²) >= 11 is 0. The molecule has 0 amide bonds. The molecule has 0 saturated heterocycles. The minimum absolute atomic E-state index is 1.18. The molecule has 8 rings (SSSR count). The number of rotatable bonds is 2. The lowest BCUT2D eigenvalue weighted by molar-refractivity contribution is 1.17. The first-order valence-electron chi connectivity index (χ1n) is 12.4. The van der Waals surface area contributed by atoms with E-state index < -0.39 is 0 Å². The van der Waals surface area contributed by atoms with Crippen LogP contribution in [0.25, 0.3) is 65.8 Å². The van der Waals surface area contributed by atoms with Gasteiger partial charge in [-0.25, -0.2) is 0 Å². The Morgan fingerprint density at radius 3 is 2.00 bits per heavy atom. The van der Waals surface area contributed by atoms with Gasteiger partial charge in [0, 0.05) is 33.6 Å². The van der Waals surface area contributed by atoms with Crippen LogP contribution in [0.3, 0.4) is 0 Å². The zero-order valence-electron chi connectivity index (χ0n) is 19.6. The van der Waals surface area contributed by atoms with Crippen molar-refractivity contribution >= 4 is 49.0 Å². The Morgan fingerprint density at radius 2 is 1.14 bits per heavy atom. The molecule has 0 aliphatic rings. The van der Waals surface area contributed by atoms with Crippen LogP contribution in [-0.4, -0.2) is 8.97 Å². The van der Waals surface area contributed by atoms with Crippen LogP contribution >= 0.6 is 0 Å². The Morgan fingerprint density at radius 1 is 0.444 bits per heavy atom. The third-order valence-corrected chi connectivity index (χ3v) is 7.49. The van der Waals surface area contributed by atoms with Gasteiger partial charge in [0.2, 0.25) is 0 Å². The molecule has 2 heteroatoms. The quantitative estimate of drug-likeness (QED) is 0.244. The van der Waals surface area contributed by atoms with E-state index in [1.54, 1.807) is 0 Å². The molecule has 3 aromatic heterocycles. The Balaban J connectivity index is 1.64. The highest BCUT2D eigenvalue weighted by atomic mass is 15.0. The summed E-state index contributed by atoms with van der Waals surface area (Å²) in [5, 5.41) is 6.31. The van der Waals surface area contributed by atoms with Gasteiger partial charge in [-0.3, -0.25) is 0 Å². The number of benzene rings is 5. The van der Waals surface area contributed by atoms with E-state index in [1.807, 2.05) is 0 Å². The van der Waals surface area contributed by atoms with E-state index in [0.717, 1.165) is 0 Å². The normalized spacial score (nSPS) is 11.9. The molecule has 0 bridgehead atoms. The summed E-state index contributed by atoms with van der Waals surface area (Å²) in [7, 11) is 0. The molecule has 0 radical (unpaired) electrons. The zero-order valence-corrected chi connectivity index (χ0v) is 19.6. The van der Waals surface area contributed by atoms with Crippen LogP contribution in [0, 0.1) is 0 Å². The fourth-order valence-electron chi connectivity index (χ4n) is 5.95. The van der Waals surface area contributed by atoms with Gasteiger partial charge in [-0.2, -0.15) is 0 Å². The topological polar surface area (TPSA) is 9.34 Å². The maximum atomic E-state index is 2.46. The molecule has 0 aliphatic carbocycles. The molecule has 0 atom stereocenters. The van der Waals surface area contributed by atoms with Crippen molar-refractivity contribution in [2.45, 2.75) is 0 Å². The molecule has 0 saturated carbocycles. The Kier molecular flexibility index (Phi) is 3.97. The first-order valence-corrected chi connectivity index (χ1v) is 12.4. The second-order valence-electron chi connectivity index (χ2n) is 9.44. The van der Waals surface area contributed by atoms with Gasteiger partial charge in [0.15, 0.2) is 0 Å². The average Bonchev–Trinajstić information content (AvgIpc) is 3.46. The molecule has 8 aromatic rings. The van der Waals surface area contributed by atoms with E-state index in [4.69, 9.17) is 0 Å². The van der Waals surface area contributed by atoms with E-state index in [-0.39, 0.29) is 0 Å². The SMILES string of the molecule is c1ccc(-c2c3ccccc3n3ccc4c5ccccc5n(-c5ccc6ccccc6c5)c4c23)cc1. The van der Waals surface area contributed by atoms with Crippen LogP contribution in [0.5, 0.6) is 0 Å². The molecular formula is C34H22N2. The smallest absolute Gasteiger partial charge is 0.0790 e. The average molecular weight is 459 g/mol. The summed E-state index contributed by atoms with van der Waals surface area (Å²) in [6, 6.07) is 46.0. The number of fused-ring (bicyclic) bond motifs is 8. The van der Waals surface area contributed by atoms with Gasteiger partial charge in [0.25, 0.3) is 0 Å². The Bertz CT molecular complexity index is 2090. The van der Waals surface area contributed by atoms with Crippen LogP contribution in [-0.2, 0) is 0 Å². The second-order valence-corrected chi connectivity index (χ2v) is 9.44. The first-order chi connectivity index (χ1) is 17.9. The van der Waals surface area contributed by atoms with Crippen molar-refractivity contribution in [2.24, 2.45) is 0 Å². The molecule has 168 valence electrons. The molecule has 0 N–H and O–H groups in total. The summed E-state index contributed by atoms with van der Waals surface area (Å²) in [6.45, 7) is 0. The van der Waals surface area contributed by atoms with E-state index in [0.29, 0.717) is 0 Å². The summed E-state index contributed by atoms with van der Waals surface area (Å²) in [5.74, 6) is 0. The molecule has 0 unspecified atom stereocenters. The molecule has 2 nitrogen and oxygen atoms in total. The fourth-order valence-corrected chi connectivity index (χ4v) is 5.95. The monoisotopic (exact) mass is 458 g/mol. The molecule has 0 aliphatic heterocycles. The number of hydrogen-bond donors (Lipinski definition) is 0. The summed E-state index contributed by atoms with van der Waals surface area (Å²) < 4.78 is 4.83. The highest BCUT2D eigenvalue weighted by Gasteiger charge is 2.21. The first kappa shape index (κ1) is 19.5. The lowest BCUT2D eigenvalue weighted by Crippen LogP contribution is -1.96. The minimum Gasteiger partial charge on any atom is -0.314 e. The number of hydrogen-bond acceptors (Lipinski definition) is 0. The molecule has 5 aromatic carbocycles. The van der Waals surface area contributed by atoms with E-state index in [9.17, 15) is 0 Å². The van der Waals surface area contributed by atoms with Gasteiger partial charge in [-0.05, 0) is 46.7 Å². The maximum Gasteiger partial charge on any atom is 0.0790 e. The summed E-state index contributed by atoms with van der Waals surface area (Å²) in [5.41, 5.74) is 8.62. The van der Waals surface area contributed by atoms with E-state index in [1.165, 1.54) is 65.8 Å². The van der Waals surface area contributed by atoms with E-state index in [2.05, 4.69) is 143 Å². The number of aromatic nitrogens is 2. The van der Waals surface area contributed by atoms with Crippen molar-refractivity contribution < 1.29 is 0 Å². The lowest BCUT2D eigenvalue weighted by atomic mass is 10.0. The molecule has 0 spiro atoms. The van der Waals surface area contributed by atoms with Crippen molar-refractivity contribution in [1.82, 2.24) is 8.97 Å². The minimum atomic E-state index is 1.18. The largest absolute Gasteiger partial charge is 0.314 e. The van der Waals surface area contributed by atoms with Crippen molar-refractivity contribution in [3.8, 4) is 16.8 Å². The molecule has 0 fully saturated rings. The highest BCUT2D eigenvalue weighted by Crippen LogP contribution is 2.42. The number of para-hydroxylation sites is 2. The Hall–Kier alpha value is -4.82. The highest BCUT2D eigenvalue weighted by molar-refractivity contribution is 6.20. The summed E-state index contributed by atoms with van der Waals surface area (Å²) in [6.07, 6.45) is 2.24. The zero-order chi connectivity index (χ0) is 23.6. The van der Waals surface area contributed by atoms with Gasteiger partial charge >= 0.3 is 0 Å². The van der Waals surface area contributed by atoms with Crippen LogP contribution in [0.15, 0.2) is 134 Å². The van der Waals surface area contributed by atoms with Crippen molar-refractivity contribution in [2.75, 3.05) is 0 Å². The summed E-state index contributed by atoms with van der Waals surface area (Å²) in [4.78, 5) is 0. The predicted molar refractivity (Wildman–Crippen MR) is 152 cm³/mol. The van der Waals surface area contributed by atoms with Crippen molar-refractivity contribution in [1.29, 1.82) is 0 Å². The lowest BCUT2D eigenvalue weighted by Gasteiger charge is -2.12. The Labute approximate surface area is 208 Å². The molecule has 3 heterocycles. The molecular weight excluding hydrogens is 436 g/mol. The van der Waals surface area contributed by atoms with Crippen LogP contribution < -0.4 is 0 Å². The van der Waals surface area contributed by atoms with Crippen LogP contribution in [0.4, 0.5) is 0 Å². The van der Waals surface area contributed by atoms with Gasteiger partial charge in [-0.15, -0.1) is 0 Å².